The van der Waals surface area contributed by atoms with E-state index in [1.807, 2.05) is 0 Å². The topological polar surface area (TPSA) is 59.5 Å². The van der Waals surface area contributed by atoms with Crippen molar-refractivity contribution in [1.29, 1.82) is 0 Å². The highest BCUT2D eigenvalue weighted by molar-refractivity contribution is 6.30. The molecule has 1 heterocycles. The first kappa shape index (κ1) is 24.0. The fraction of sp³-hybridized carbons (Fsp3) is 0.435. The summed E-state index contributed by atoms with van der Waals surface area (Å²) < 4.78 is 46.5. The zero-order valence-corrected chi connectivity index (χ0v) is 18.6. The lowest BCUT2D eigenvalue weighted by atomic mass is 9.94. The highest BCUT2D eigenvalue weighted by atomic mass is 35.5. The molecule has 32 heavy (non-hydrogen) atoms. The maximum Gasteiger partial charge on any atom is 0.416 e. The first-order chi connectivity index (χ1) is 15.2. The maximum atomic E-state index is 13.9. The number of nitrogens with zero attached hydrogens (tertiary/aromatic N) is 2. The molecule has 0 aliphatic heterocycles. The Bertz CT molecular complexity index is 1010. The third-order valence-electron chi connectivity index (χ3n) is 5.31. The summed E-state index contributed by atoms with van der Waals surface area (Å²) in [7, 11) is 0. The third kappa shape index (κ3) is 5.59. The standard InChI is InChI=1S/C23H24ClF3N2O3/c1-3-29(22(31)14-8-9-14)13-18-17(6-5-7-19(18)23(25,26)27)16-10-15(21(24)28-12-16)11-20(30)32-4-2/h5-7,10,12,14H,3-4,8-9,11,13H2,1-2H3. The van der Waals surface area contributed by atoms with Crippen LogP contribution in [0.3, 0.4) is 0 Å². The van der Waals surface area contributed by atoms with Gasteiger partial charge in [-0.1, -0.05) is 23.7 Å². The molecule has 0 radical (unpaired) electrons. The Kier molecular flexibility index (Phi) is 7.44. The first-order valence-corrected chi connectivity index (χ1v) is 10.8. The Morgan fingerprint density at radius 1 is 1.25 bits per heavy atom. The quantitative estimate of drug-likeness (QED) is 0.390. The van der Waals surface area contributed by atoms with Crippen LogP contribution in [-0.4, -0.2) is 34.9 Å². The predicted molar refractivity (Wildman–Crippen MR) is 114 cm³/mol. The van der Waals surface area contributed by atoms with E-state index in [9.17, 15) is 22.8 Å². The summed E-state index contributed by atoms with van der Waals surface area (Å²) in [5.41, 5.74) is 0.203. The molecule has 1 amide bonds. The van der Waals surface area contributed by atoms with Gasteiger partial charge >= 0.3 is 12.1 Å². The molecule has 2 aromatic rings. The number of benzene rings is 1. The Hall–Kier alpha value is -2.61. The summed E-state index contributed by atoms with van der Waals surface area (Å²) in [6.07, 6.45) is -1.85. The summed E-state index contributed by atoms with van der Waals surface area (Å²) in [6, 6.07) is 5.43. The van der Waals surface area contributed by atoms with Crippen LogP contribution in [0.25, 0.3) is 11.1 Å². The van der Waals surface area contributed by atoms with Crippen LogP contribution in [-0.2, 0) is 33.5 Å². The van der Waals surface area contributed by atoms with Gasteiger partial charge in [0, 0.05) is 36.3 Å². The minimum Gasteiger partial charge on any atom is -0.466 e. The zero-order valence-electron chi connectivity index (χ0n) is 17.8. The SMILES string of the molecule is CCOC(=O)Cc1cc(-c2cccc(C(F)(F)F)c2CN(CC)C(=O)C2CC2)cnc1Cl. The summed E-state index contributed by atoms with van der Waals surface area (Å²) >= 11 is 6.11. The number of rotatable bonds is 8. The Labute approximate surface area is 189 Å². The number of alkyl halides is 3. The summed E-state index contributed by atoms with van der Waals surface area (Å²) in [5.74, 6) is -0.748. The predicted octanol–water partition coefficient (Wildman–Crippen LogP) is 5.28. The smallest absolute Gasteiger partial charge is 0.416 e. The van der Waals surface area contributed by atoms with Crippen molar-refractivity contribution in [2.75, 3.05) is 13.2 Å². The molecule has 1 aliphatic carbocycles. The van der Waals surface area contributed by atoms with Gasteiger partial charge in [0.05, 0.1) is 18.6 Å². The maximum absolute atomic E-state index is 13.9. The molecule has 9 heteroatoms. The van der Waals surface area contributed by atoms with Gasteiger partial charge in [-0.2, -0.15) is 13.2 Å². The number of halogens is 4. The van der Waals surface area contributed by atoms with Crippen LogP contribution in [0.1, 0.15) is 43.4 Å². The fourth-order valence-electron chi connectivity index (χ4n) is 3.55. The van der Waals surface area contributed by atoms with Crippen molar-refractivity contribution in [2.45, 2.75) is 45.8 Å². The van der Waals surface area contributed by atoms with E-state index in [-0.39, 0.29) is 47.7 Å². The number of hydrogen-bond donors (Lipinski definition) is 0. The van der Waals surface area contributed by atoms with Crippen LogP contribution in [0.2, 0.25) is 5.15 Å². The van der Waals surface area contributed by atoms with Crippen molar-refractivity contribution < 1.29 is 27.5 Å². The molecular formula is C23H24ClF3N2O3. The van der Waals surface area contributed by atoms with Crippen LogP contribution < -0.4 is 0 Å². The molecular weight excluding hydrogens is 445 g/mol. The molecule has 0 bridgehead atoms. The molecule has 0 spiro atoms. The number of carbonyl (C=O) groups is 2. The van der Waals surface area contributed by atoms with Crippen LogP contribution >= 0.6 is 11.6 Å². The molecule has 0 saturated heterocycles. The lowest BCUT2D eigenvalue weighted by Crippen LogP contribution is -2.32. The van der Waals surface area contributed by atoms with E-state index in [1.54, 1.807) is 26.0 Å². The van der Waals surface area contributed by atoms with Crippen molar-refractivity contribution in [3.8, 4) is 11.1 Å². The average molecular weight is 469 g/mol. The van der Waals surface area contributed by atoms with Crippen molar-refractivity contribution in [3.63, 3.8) is 0 Å². The number of amides is 1. The normalized spacial score (nSPS) is 13.7. The van der Waals surface area contributed by atoms with Crippen molar-refractivity contribution >= 4 is 23.5 Å². The molecule has 1 fully saturated rings. The summed E-state index contributed by atoms with van der Waals surface area (Å²) in [5, 5.41) is 0.0782. The van der Waals surface area contributed by atoms with Gasteiger partial charge in [-0.3, -0.25) is 9.59 Å². The number of esters is 1. The molecule has 1 saturated carbocycles. The Balaban J connectivity index is 2.06. The molecule has 3 rings (SSSR count). The van der Waals surface area contributed by atoms with E-state index >= 15 is 0 Å². The van der Waals surface area contributed by atoms with Gasteiger partial charge < -0.3 is 9.64 Å². The number of carbonyl (C=O) groups excluding carboxylic acids is 2. The van der Waals surface area contributed by atoms with Gasteiger partial charge in [0.25, 0.3) is 0 Å². The lowest BCUT2D eigenvalue weighted by molar-refractivity contribution is -0.142. The van der Waals surface area contributed by atoms with E-state index in [2.05, 4.69) is 4.98 Å². The molecule has 1 aromatic carbocycles. The highest BCUT2D eigenvalue weighted by Crippen LogP contribution is 2.39. The Morgan fingerprint density at radius 3 is 2.56 bits per heavy atom. The molecule has 1 aliphatic rings. The number of aromatic nitrogens is 1. The summed E-state index contributed by atoms with van der Waals surface area (Å²) in [6.45, 7) is 3.74. The minimum absolute atomic E-state index is 0.0120. The molecule has 0 N–H and O–H groups in total. The largest absolute Gasteiger partial charge is 0.466 e. The average Bonchev–Trinajstić information content (AvgIpc) is 3.58. The molecule has 0 unspecified atom stereocenters. The van der Waals surface area contributed by atoms with Gasteiger partial charge in [0.1, 0.15) is 5.15 Å². The van der Waals surface area contributed by atoms with E-state index in [1.165, 1.54) is 17.2 Å². The van der Waals surface area contributed by atoms with Crippen molar-refractivity contribution in [1.82, 2.24) is 9.88 Å². The van der Waals surface area contributed by atoms with Gasteiger partial charge in [-0.05, 0) is 49.9 Å². The van der Waals surface area contributed by atoms with E-state index in [4.69, 9.17) is 16.3 Å². The number of ether oxygens (including phenoxy) is 1. The van der Waals surface area contributed by atoms with Gasteiger partial charge in [-0.15, -0.1) is 0 Å². The van der Waals surface area contributed by atoms with Crippen LogP contribution in [0.15, 0.2) is 30.5 Å². The van der Waals surface area contributed by atoms with Crippen molar-refractivity contribution in [2.24, 2.45) is 5.92 Å². The molecule has 5 nitrogen and oxygen atoms in total. The highest BCUT2D eigenvalue weighted by Gasteiger charge is 2.37. The van der Waals surface area contributed by atoms with E-state index < -0.39 is 17.7 Å². The number of pyridine rings is 1. The first-order valence-electron chi connectivity index (χ1n) is 10.4. The van der Waals surface area contributed by atoms with Crippen LogP contribution in [0, 0.1) is 5.92 Å². The lowest BCUT2D eigenvalue weighted by Gasteiger charge is -2.25. The van der Waals surface area contributed by atoms with Gasteiger partial charge in [-0.25, -0.2) is 4.98 Å². The second-order valence-electron chi connectivity index (χ2n) is 7.61. The van der Waals surface area contributed by atoms with E-state index in [0.29, 0.717) is 17.7 Å². The monoisotopic (exact) mass is 468 g/mol. The van der Waals surface area contributed by atoms with Crippen LogP contribution in [0.4, 0.5) is 13.2 Å². The zero-order chi connectivity index (χ0) is 23.5. The fourth-order valence-corrected chi connectivity index (χ4v) is 3.72. The van der Waals surface area contributed by atoms with Crippen LogP contribution in [0.5, 0.6) is 0 Å². The van der Waals surface area contributed by atoms with Gasteiger partial charge in [0.15, 0.2) is 0 Å². The van der Waals surface area contributed by atoms with Crippen molar-refractivity contribution in [3.05, 3.63) is 52.3 Å². The second kappa shape index (κ2) is 9.90. The van der Waals surface area contributed by atoms with E-state index in [0.717, 1.165) is 18.9 Å². The molecule has 172 valence electrons. The number of hydrogen-bond acceptors (Lipinski definition) is 4. The van der Waals surface area contributed by atoms with Gasteiger partial charge in [0.2, 0.25) is 5.91 Å². The second-order valence-corrected chi connectivity index (χ2v) is 7.97. The Morgan fingerprint density at radius 2 is 1.97 bits per heavy atom. The summed E-state index contributed by atoms with van der Waals surface area (Å²) in [4.78, 5) is 30.0. The molecule has 1 aromatic heterocycles. The molecule has 0 atom stereocenters. The third-order valence-corrected chi connectivity index (χ3v) is 5.65. The minimum atomic E-state index is -4.60.